The Morgan fingerprint density at radius 1 is 0.774 bits per heavy atom. The third-order valence-electron chi connectivity index (χ3n) is 7.27. The van der Waals surface area contributed by atoms with E-state index in [2.05, 4.69) is 88.1 Å². The van der Waals surface area contributed by atoms with Crippen molar-refractivity contribution in [2.24, 2.45) is 0 Å². The van der Waals surface area contributed by atoms with Gasteiger partial charge in [-0.1, -0.05) is 36.4 Å². The smallest absolute Gasteiger partial charge is 0.137 e. The lowest BCUT2D eigenvalue weighted by Gasteiger charge is -2.16. The maximum absolute atomic E-state index is 4.72. The van der Waals surface area contributed by atoms with Crippen LogP contribution in [0, 0.1) is 0 Å². The first kappa shape index (κ1) is 15.9. The number of hydrogen-bond donors (Lipinski definition) is 0. The number of fused-ring (bicyclic) bond motifs is 5. The van der Waals surface area contributed by atoms with Gasteiger partial charge in [0.15, 0.2) is 0 Å². The van der Waals surface area contributed by atoms with Crippen LogP contribution in [0.5, 0.6) is 0 Å². The summed E-state index contributed by atoms with van der Waals surface area (Å²) in [5.74, 6) is 2.24. The molecule has 1 saturated carbocycles. The zero-order valence-electron chi connectivity index (χ0n) is 16.9. The van der Waals surface area contributed by atoms with Crippen LogP contribution in [0.25, 0.3) is 44.2 Å². The predicted molar refractivity (Wildman–Crippen MR) is 126 cm³/mol. The summed E-state index contributed by atoms with van der Waals surface area (Å²) in [6, 6.07) is 28.4. The first-order valence-electron chi connectivity index (χ1n) is 11.0. The standard InChI is InChI=1S/C28H19N3/c1-2-7-18(8-3-1)30-14-12-17-15-23-27-25-19(20-16-21(20)26(27)28(17)30)9-6-10-22(25)31(23)24-11-4-5-13-29-24/h1-15,20-21H,16H2. The van der Waals surface area contributed by atoms with E-state index in [1.54, 1.807) is 0 Å². The van der Waals surface area contributed by atoms with E-state index in [4.69, 9.17) is 4.98 Å². The minimum absolute atomic E-state index is 0.612. The van der Waals surface area contributed by atoms with Crippen LogP contribution in [-0.2, 0) is 0 Å². The minimum Gasteiger partial charge on any atom is -0.316 e. The Balaban J connectivity index is 1.61. The summed E-state index contributed by atoms with van der Waals surface area (Å²) >= 11 is 0. The summed E-state index contributed by atoms with van der Waals surface area (Å²) in [5, 5.41) is 4.17. The second-order valence-electron chi connectivity index (χ2n) is 8.86. The fourth-order valence-electron chi connectivity index (χ4n) is 5.97. The Kier molecular flexibility index (Phi) is 2.79. The third kappa shape index (κ3) is 1.92. The van der Waals surface area contributed by atoms with Crippen LogP contribution in [-0.4, -0.2) is 14.1 Å². The van der Waals surface area contributed by atoms with Gasteiger partial charge >= 0.3 is 0 Å². The van der Waals surface area contributed by atoms with Crippen molar-refractivity contribution in [1.29, 1.82) is 0 Å². The lowest BCUT2D eigenvalue weighted by molar-refractivity contribution is 1.03. The predicted octanol–water partition coefficient (Wildman–Crippen LogP) is 6.71. The lowest BCUT2D eigenvalue weighted by Crippen LogP contribution is -1.99. The van der Waals surface area contributed by atoms with Crippen molar-refractivity contribution >= 4 is 32.7 Å². The fourth-order valence-corrected chi connectivity index (χ4v) is 5.97. The van der Waals surface area contributed by atoms with Gasteiger partial charge in [0.2, 0.25) is 0 Å². The number of hydrogen-bond acceptors (Lipinski definition) is 1. The first-order valence-corrected chi connectivity index (χ1v) is 11.0. The number of pyridine rings is 1. The van der Waals surface area contributed by atoms with Gasteiger partial charge < -0.3 is 4.57 Å². The quantitative estimate of drug-likeness (QED) is 0.318. The van der Waals surface area contributed by atoms with Gasteiger partial charge in [0.25, 0.3) is 0 Å². The van der Waals surface area contributed by atoms with Gasteiger partial charge in [-0.25, -0.2) is 4.98 Å². The van der Waals surface area contributed by atoms with E-state index in [1.165, 1.54) is 55.9 Å². The highest BCUT2D eigenvalue weighted by molar-refractivity contribution is 6.19. The van der Waals surface area contributed by atoms with Crippen molar-refractivity contribution < 1.29 is 0 Å². The molecule has 31 heavy (non-hydrogen) atoms. The molecule has 1 fully saturated rings. The second-order valence-corrected chi connectivity index (χ2v) is 8.86. The largest absolute Gasteiger partial charge is 0.316 e. The molecule has 6 aromatic rings. The zero-order valence-corrected chi connectivity index (χ0v) is 16.9. The van der Waals surface area contributed by atoms with Crippen LogP contribution < -0.4 is 0 Å². The molecular weight excluding hydrogens is 378 g/mol. The van der Waals surface area contributed by atoms with Gasteiger partial charge in [0.05, 0.1) is 16.6 Å². The normalized spacial score (nSPS) is 18.8. The molecule has 8 rings (SSSR count). The molecule has 2 unspecified atom stereocenters. The van der Waals surface area contributed by atoms with Gasteiger partial charge in [0.1, 0.15) is 5.82 Å². The van der Waals surface area contributed by atoms with Crippen LogP contribution in [0.3, 0.4) is 0 Å². The highest BCUT2D eigenvalue weighted by atomic mass is 15.1. The fraction of sp³-hybridized carbons (Fsp3) is 0.107. The van der Waals surface area contributed by atoms with E-state index in [-0.39, 0.29) is 0 Å². The van der Waals surface area contributed by atoms with Crippen molar-refractivity contribution in [2.75, 3.05) is 0 Å². The molecule has 2 atom stereocenters. The van der Waals surface area contributed by atoms with Gasteiger partial charge in [-0.3, -0.25) is 4.57 Å². The zero-order chi connectivity index (χ0) is 20.1. The molecule has 0 amide bonds. The molecule has 3 nitrogen and oxygen atoms in total. The Morgan fingerprint density at radius 3 is 2.55 bits per heavy atom. The summed E-state index contributed by atoms with van der Waals surface area (Å²) in [4.78, 5) is 4.72. The van der Waals surface area contributed by atoms with Gasteiger partial charge in [-0.2, -0.15) is 0 Å². The number of aromatic nitrogens is 3. The number of benzene rings is 3. The SMILES string of the molecule is c1ccc(-n2ccc3cc4c5c(c32)C2CC2c2cccc(c25)n4-c2ccccn2)cc1. The Hall–Kier alpha value is -3.85. The molecule has 2 aliphatic rings. The summed E-state index contributed by atoms with van der Waals surface area (Å²) in [6.07, 6.45) is 5.38. The van der Waals surface area contributed by atoms with E-state index in [0.29, 0.717) is 11.8 Å². The van der Waals surface area contributed by atoms with Crippen LogP contribution in [0.4, 0.5) is 0 Å². The van der Waals surface area contributed by atoms with Gasteiger partial charge in [-0.05, 0) is 71.8 Å². The van der Waals surface area contributed by atoms with Gasteiger partial charge in [0, 0.05) is 34.2 Å². The van der Waals surface area contributed by atoms with Crippen molar-refractivity contribution in [3.8, 4) is 11.5 Å². The van der Waals surface area contributed by atoms with Gasteiger partial charge in [-0.15, -0.1) is 0 Å². The van der Waals surface area contributed by atoms with E-state index >= 15 is 0 Å². The number of nitrogens with zero attached hydrogens (tertiary/aromatic N) is 3. The molecule has 0 radical (unpaired) electrons. The van der Waals surface area contributed by atoms with Crippen LogP contribution in [0.1, 0.15) is 29.4 Å². The molecule has 3 aromatic carbocycles. The van der Waals surface area contributed by atoms with Crippen molar-refractivity contribution in [3.05, 3.63) is 102 Å². The summed E-state index contributed by atoms with van der Waals surface area (Å²) in [5.41, 5.74) is 8.21. The van der Waals surface area contributed by atoms with Crippen molar-refractivity contribution in [1.82, 2.24) is 14.1 Å². The number of para-hydroxylation sites is 1. The van der Waals surface area contributed by atoms with Crippen LogP contribution >= 0.6 is 0 Å². The molecule has 146 valence electrons. The molecular formula is C28H19N3. The van der Waals surface area contributed by atoms with E-state index < -0.39 is 0 Å². The monoisotopic (exact) mass is 397 g/mol. The van der Waals surface area contributed by atoms with E-state index in [0.717, 1.165) is 5.82 Å². The number of rotatable bonds is 2. The molecule has 2 aliphatic carbocycles. The third-order valence-corrected chi connectivity index (χ3v) is 7.27. The molecule has 0 spiro atoms. The van der Waals surface area contributed by atoms with Crippen molar-refractivity contribution in [3.63, 3.8) is 0 Å². The summed E-state index contributed by atoms with van der Waals surface area (Å²) in [7, 11) is 0. The molecule has 0 saturated heterocycles. The molecule has 0 aliphatic heterocycles. The first-order chi connectivity index (χ1) is 15.4. The van der Waals surface area contributed by atoms with Crippen LogP contribution in [0.2, 0.25) is 0 Å². The minimum atomic E-state index is 0.612. The summed E-state index contributed by atoms with van der Waals surface area (Å²) < 4.78 is 4.75. The molecule has 3 heteroatoms. The van der Waals surface area contributed by atoms with E-state index in [1.807, 2.05) is 12.3 Å². The Morgan fingerprint density at radius 2 is 1.68 bits per heavy atom. The topological polar surface area (TPSA) is 22.8 Å². The summed E-state index contributed by atoms with van der Waals surface area (Å²) in [6.45, 7) is 0. The lowest BCUT2D eigenvalue weighted by atomic mass is 9.89. The average molecular weight is 397 g/mol. The maximum Gasteiger partial charge on any atom is 0.137 e. The van der Waals surface area contributed by atoms with E-state index in [9.17, 15) is 0 Å². The molecule has 0 N–H and O–H groups in total. The molecule has 0 bridgehead atoms. The highest BCUT2D eigenvalue weighted by Gasteiger charge is 2.47. The second kappa shape index (κ2) is 5.44. The average Bonchev–Trinajstić information content (AvgIpc) is 3.41. The molecule has 3 aromatic heterocycles. The Bertz CT molecular complexity index is 1660. The van der Waals surface area contributed by atoms with Crippen LogP contribution in [0.15, 0.2) is 91.3 Å². The Labute approximate surface area is 179 Å². The maximum atomic E-state index is 4.72. The van der Waals surface area contributed by atoms with Crippen molar-refractivity contribution in [2.45, 2.75) is 18.3 Å². The highest BCUT2D eigenvalue weighted by Crippen LogP contribution is 2.63. The molecule has 3 heterocycles.